The summed E-state index contributed by atoms with van der Waals surface area (Å²) in [5, 5.41) is 17.6. The van der Waals surface area contributed by atoms with E-state index >= 15 is 0 Å². The topological polar surface area (TPSA) is 102 Å². The monoisotopic (exact) mass is 259 g/mol. The lowest BCUT2D eigenvalue weighted by molar-refractivity contribution is 0.217. The molecule has 1 aromatic rings. The van der Waals surface area contributed by atoms with Crippen molar-refractivity contribution in [3.63, 3.8) is 0 Å². The summed E-state index contributed by atoms with van der Waals surface area (Å²) >= 11 is 0. The molecule has 0 saturated carbocycles. The van der Waals surface area contributed by atoms with Crippen molar-refractivity contribution in [1.82, 2.24) is 10.0 Å². The van der Waals surface area contributed by atoms with Crippen molar-refractivity contribution >= 4 is 15.7 Å². The van der Waals surface area contributed by atoms with Crippen LogP contribution in [0.2, 0.25) is 0 Å². The molecule has 95 valence electrons. The molecule has 17 heavy (non-hydrogen) atoms. The van der Waals surface area contributed by atoms with E-state index in [1.807, 2.05) is 0 Å². The smallest absolute Gasteiger partial charge is 0.243 e. The summed E-state index contributed by atoms with van der Waals surface area (Å²) in [7, 11) is -3.75. The highest BCUT2D eigenvalue weighted by molar-refractivity contribution is 7.89. The maximum atomic E-state index is 12.1. The van der Waals surface area contributed by atoms with E-state index < -0.39 is 10.0 Å². The Labute approximate surface area is 100 Å². The van der Waals surface area contributed by atoms with Gasteiger partial charge < -0.3 is 15.9 Å². The largest absolute Gasteiger partial charge is 0.395 e. The zero-order valence-electron chi connectivity index (χ0n) is 9.20. The van der Waals surface area contributed by atoms with Crippen molar-refractivity contribution < 1.29 is 18.6 Å². The third-order valence-electron chi connectivity index (χ3n) is 2.17. The molecular weight excluding hydrogens is 244 g/mol. The molecule has 1 aromatic carbocycles. The summed E-state index contributed by atoms with van der Waals surface area (Å²) in [6.45, 7) is -0.796. The number of aliphatic hydroxyl groups excluding tert-OH is 2. The zero-order valence-corrected chi connectivity index (χ0v) is 10.0. The lowest BCUT2D eigenvalue weighted by Gasteiger charge is -2.20. The second-order valence-electron chi connectivity index (χ2n) is 3.38. The Morgan fingerprint density at radius 3 is 2.24 bits per heavy atom. The second-order valence-corrected chi connectivity index (χ2v) is 5.32. The van der Waals surface area contributed by atoms with Crippen LogP contribution in [-0.4, -0.2) is 49.2 Å². The fourth-order valence-electron chi connectivity index (χ4n) is 1.38. The predicted octanol–water partition coefficient (Wildman–Crippen LogP) is -0.424. The van der Waals surface area contributed by atoms with Gasteiger partial charge in [0.15, 0.2) is 0 Å². The molecular formula is C10H15N2O4S. The van der Waals surface area contributed by atoms with E-state index in [2.05, 4.69) is 0 Å². The molecule has 0 atom stereocenters. The van der Waals surface area contributed by atoms with Crippen molar-refractivity contribution in [3.05, 3.63) is 24.3 Å². The van der Waals surface area contributed by atoms with E-state index in [0.717, 1.165) is 4.31 Å². The third-order valence-corrected chi connectivity index (χ3v) is 4.07. The summed E-state index contributed by atoms with van der Waals surface area (Å²) in [4.78, 5) is -0.00750. The Balaban J connectivity index is 3.07. The highest BCUT2D eigenvalue weighted by Gasteiger charge is 2.23. The van der Waals surface area contributed by atoms with Gasteiger partial charge in [-0.05, 0) is 18.2 Å². The number of nitrogens with zero attached hydrogens (tertiary/aromatic N) is 1. The van der Waals surface area contributed by atoms with Gasteiger partial charge in [-0.25, -0.2) is 8.42 Å². The number of sulfonamides is 1. The van der Waals surface area contributed by atoms with Gasteiger partial charge in [-0.3, -0.25) is 0 Å². The molecule has 0 saturated heterocycles. The molecule has 6 nitrogen and oxygen atoms in total. The Morgan fingerprint density at radius 2 is 1.76 bits per heavy atom. The first kappa shape index (κ1) is 13.9. The normalized spacial score (nSPS) is 11.9. The lowest BCUT2D eigenvalue weighted by Crippen LogP contribution is -2.35. The fraction of sp³-hybridized carbons (Fsp3) is 0.400. The average molecular weight is 259 g/mol. The van der Waals surface area contributed by atoms with Crippen LogP contribution in [0.15, 0.2) is 29.2 Å². The van der Waals surface area contributed by atoms with Crippen molar-refractivity contribution in [1.29, 1.82) is 0 Å². The SMILES string of the molecule is [NH]c1cccc(S(=O)(=O)N(CCO)CCO)c1. The predicted molar refractivity (Wildman–Crippen MR) is 62.1 cm³/mol. The molecule has 7 heteroatoms. The molecule has 0 aromatic heterocycles. The van der Waals surface area contributed by atoms with Crippen LogP contribution in [0.25, 0.3) is 0 Å². The molecule has 0 unspecified atom stereocenters. The molecule has 0 aliphatic rings. The molecule has 0 fully saturated rings. The van der Waals surface area contributed by atoms with E-state index in [4.69, 9.17) is 15.9 Å². The molecule has 1 radical (unpaired) electrons. The number of rotatable bonds is 6. The Bertz CT molecular complexity index is 455. The van der Waals surface area contributed by atoms with Gasteiger partial charge in [0, 0.05) is 13.1 Å². The second kappa shape index (κ2) is 5.97. The summed E-state index contributed by atoms with van der Waals surface area (Å²) in [6.07, 6.45) is 0. The van der Waals surface area contributed by atoms with E-state index in [9.17, 15) is 8.42 Å². The Kier molecular flexibility index (Phi) is 4.88. The van der Waals surface area contributed by atoms with Crippen LogP contribution in [0.3, 0.4) is 0 Å². The minimum absolute atomic E-state index is 0.00750. The minimum Gasteiger partial charge on any atom is -0.395 e. The molecule has 0 aliphatic carbocycles. The molecule has 0 heterocycles. The van der Waals surface area contributed by atoms with E-state index in [-0.39, 0.29) is 36.9 Å². The van der Waals surface area contributed by atoms with E-state index in [1.165, 1.54) is 24.3 Å². The lowest BCUT2D eigenvalue weighted by atomic mass is 10.3. The summed E-state index contributed by atoms with van der Waals surface area (Å²) in [6, 6.07) is 5.57. The molecule has 0 aliphatic heterocycles. The Morgan fingerprint density at radius 1 is 1.18 bits per heavy atom. The van der Waals surface area contributed by atoms with Crippen LogP contribution in [0, 0.1) is 0 Å². The number of hydrogen-bond acceptors (Lipinski definition) is 4. The number of nitrogens with one attached hydrogen (secondary N) is 1. The summed E-state index contributed by atoms with van der Waals surface area (Å²) in [5.74, 6) is 0. The molecule has 1 rings (SSSR count). The number of hydrogen-bond donors (Lipinski definition) is 2. The Hall–Kier alpha value is -1.15. The maximum Gasteiger partial charge on any atom is 0.243 e. The standard InChI is InChI=1S/C10H15N2O4S/c11-9-2-1-3-10(8-9)17(15,16)12(4-6-13)5-7-14/h1-3,8,11,13-14H,4-7H2. The molecule has 3 N–H and O–H groups in total. The van der Waals surface area contributed by atoms with Crippen LogP contribution in [0.5, 0.6) is 0 Å². The van der Waals surface area contributed by atoms with Crippen LogP contribution in [-0.2, 0) is 10.0 Å². The molecule has 0 amide bonds. The van der Waals surface area contributed by atoms with Crippen molar-refractivity contribution in [3.8, 4) is 0 Å². The van der Waals surface area contributed by atoms with Gasteiger partial charge >= 0.3 is 0 Å². The van der Waals surface area contributed by atoms with Gasteiger partial charge in [-0.15, -0.1) is 0 Å². The van der Waals surface area contributed by atoms with Gasteiger partial charge in [-0.1, -0.05) is 6.07 Å². The van der Waals surface area contributed by atoms with Gasteiger partial charge in [0.2, 0.25) is 10.0 Å². The molecule has 0 spiro atoms. The summed E-state index contributed by atoms with van der Waals surface area (Å²) in [5.41, 5.74) is 7.48. The van der Waals surface area contributed by atoms with Crippen LogP contribution in [0.1, 0.15) is 0 Å². The van der Waals surface area contributed by atoms with Crippen LogP contribution in [0.4, 0.5) is 5.69 Å². The highest BCUT2D eigenvalue weighted by Crippen LogP contribution is 2.18. The first-order valence-corrected chi connectivity index (χ1v) is 6.50. The number of aliphatic hydroxyl groups is 2. The minimum atomic E-state index is -3.75. The van der Waals surface area contributed by atoms with Gasteiger partial charge in [0.1, 0.15) is 0 Å². The average Bonchev–Trinajstić information content (AvgIpc) is 2.29. The fourth-order valence-corrected chi connectivity index (χ4v) is 2.85. The highest BCUT2D eigenvalue weighted by atomic mass is 32.2. The summed E-state index contributed by atoms with van der Waals surface area (Å²) < 4.78 is 25.2. The third kappa shape index (κ3) is 3.40. The van der Waals surface area contributed by atoms with Crippen LogP contribution >= 0.6 is 0 Å². The molecule has 0 bridgehead atoms. The van der Waals surface area contributed by atoms with E-state index in [1.54, 1.807) is 0 Å². The van der Waals surface area contributed by atoms with Crippen molar-refractivity contribution in [2.24, 2.45) is 0 Å². The van der Waals surface area contributed by atoms with E-state index in [0.29, 0.717) is 0 Å². The quantitative estimate of drug-likeness (QED) is 0.724. The number of benzene rings is 1. The van der Waals surface area contributed by atoms with Crippen molar-refractivity contribution in [2.45, 2.75) is 4.90 Å². The zero-order chi connectivity index (χ0) is 12.9. The van der Waals surface area contributed by atoms with Crippen molar-refractivity contribution in [2.75, 3.05) is 26.3 Å². The first-order chi connectivity index (χ1) is 8.02. The van der Waals surface area contributed by atoms with Gasteiger partial charge in [0.05, 0.1) is 23.8 Å². The maximum absolute atomic E-state index is 12.1. The van der Waals surface area contributed by atoms with Crippen LogP contribution < -0.4 is 5.73 Å². The van der Waals surface area contributed by atoms with Gasteiger partial charge in [-0.2, -0.15) is 4.31 Å². The van der Waals surface area contributed by atoms with Gasteiger partial charge in [0.25, 0.3) is 0 Å². The first-order valence-electron chi connectivity index (χ1n) is 5.06.